The number of halogens is 3. The molecule has 6 nitrogen and oxygen atoms in total. The lowest BCUT2D eigenvalue weighted by atomic mass is 9.93. The van der Waals surface area contributed by atoms with Gasteiger partial charge in [0.2, 0.25) is 0 Å². The zero-order valence-electron chi connectivity index (χ0n) is 16.5. The fourth-order valence-corrected chi connectivity index (χ4v) is 3.73. The molecule has 0 saturated carbocycles. The van der Waals surface area contributed by atoms with E-state index in [-0.39, 0.29) is 34.8 Å². The van der Waals surface area contributed by atoms with Crippen LogP contribution in [0.25, 0.3) is 5.70 Å². The molecule has 9 heteroatoms. The highest BCUT2D eigenvalue weighted by molar-refractivity contribution is 6.04. The highest BCUT2D eigenvalue weighted by Gasteiger charge is 2.46. The van der Waals surface area contributed by atoms with Gasteiger partial charge < -0.3 is 15.0 Å². The number of ether oxygens (including phenoxy) is 1. The van der Waals surface area contributed by atoms with Crippen molar-refractivity contribution in [1.82, 2.24) is 10.2 Å². The highest BCUT2D eigenvalue weighted by Crippen LogP contribution is 2.44. The van der Waals surface area contributed by atoms with Crippen LogP contribution in [0.2, 0.25) is 0 Å². The Morgan fingerprint density at radius 3 is 2.55 bits per heavy atom. The van der Waals surface area contributed by atoms with Crippen molar-refractivity contribution in [3.05, 3.63) is 70.4 Å². The molecule has 31 heavy (non-hydrogen) atoms. The van der Waals surface area contributed by atoms with Gasteiger partial charge in [0.05, 0.1) is 29.6 Å². The molecule has 0 fully saturated rings. The maximum Gasteiger partial charge on any atom is 0.471 e. The fraction of sp³-hybridized carbons (Fsp3) is 0.227. The van der Waals surface area contributed by atoms with E-state index in [4.69, 9.17) is 4.74 Å². The topological polar surface area (TPSA) is 82.4 Å². The molecule has 0 spiro atoms. The molecule has 2 aromatic rings. The average molecular weight is 427 g/mol. The van der Waals surface area contributed by atoms with Crippen LogP contribution in [-0.4, -0.2) is 28.5 Å². The Morgan fingerprint density at radius 1 is 1.19 bits per heavy atom. The second-order valence-corrected chi connectivity index (χ2v) is 7.66. The van der Waals surface area contributed by atoms with Crippen LogP contribution in [0.1, 0.15) is 40.9 Å². The lowest BCUT2D eigenvalue weighted by Gasteiger charge is -2.39. The van der Waals surface area contributed by atoms with Gasteiger partial charge in [-0.3, -0.25) is 9.59 Å². The van der Waals surface area contributed by atoms with Gasteiger partial charge in [-0.15, -0.1) is 0 Å². The van der Waals surface area contributed by atoms with E-state index < -0.39 is 23.6 Å². The molecule has 2 aliphatic rings. The number of benzene rings is 2. The van der Waals surface area contributed by atoms with Gasteiger partial charge >= 0.3 is 12.1 Å². The lowest BCUT2D eigenvalue weighted by molar-refractivity contribution is -0.173. The third-order valence-corrected chi connectivity index (χ3v) is 5.16. The van der Waals surface area contributed by atoms with Crippen molar-refractivity contribution in [3.63, 3.8) is 0 Å². The summed E-state index contributed by atoms with van der Waals surface area (Å²) in [5, 5.41) is 11.2. The average Bonchev–Trinajstić information content (AvgIpc) is 3.03. The number of amides is 2. The fourth-order valence-electron chi connectivity index (χ4n) is 3.73. The number of hydrogen-bond acceptors (Lipinski definition) is 4. The van der Waals surface area contributed by atoms with Gasteiger partial charge in [-0.05, 0) is 43.7 Å². The van der Waals surface area contributed by atoms with E-state index in [2.05, 4.69) is 0 Å². The maximum absolute atomic E-state index is 13.2. The number of hydrogen-bond donors (Lipinski definition) is 1. The molecule has 1 N–H and O–H groups in total. The molecule has 4 rings (SSSR count). The quantitative estimate of drug-likeness (QED) is 0.792. The zero-order chi connectivity index (χ0) is 22.6. The first-order chi connectivity index (χ1) is 14.5. The Hall–Kier alpha value is -3.80. The van der Waals surface area contributed by atoms with Gasteiger partial charge in [0, 0.05) is 11.1 Å². The summed E-state index contributed by atoms with van der Waals surface area (Å²) in [6.07, 6.45) is -5.14. The molecule has 2 aromatic carbocycles. The van der Waals surface area contributed by atoms with Gasteiger partial charge in [0.15, 0.2) is 0 Å². The summed E-state index contributed by atoms with van der Waals surface area (Å²) in [7, 11) is 0. The molecule has 0 aromatic heterocycles. The molecule has 2 heterocycles. The molecule has 2 aliphatic heterocycles. The van der Waals surface area contributed by atoms with Crippen LogP contribution in [-0.2, 0) is 11.3 Å². The summed E-state index contributed by atoms with van der Waals surface area (Å²) < 4.78 is 45.1. The van der Waals surface area contributed by atoms with E-state index in [0.29, 0.717) is 11.1 Å². The Bertz CT molecular complexity index is 1190. The Kier molecular flexibility index (Phi) is 4.54. The van der Waals surface area contributed by atoms with E-state index in [1.807, 2.05) is 11.4 Å². The summed E-state index contributed by atoms with van der Waals surface area (Å²) in [4.78, 5) is 26.3. The summed E-state index contributed by atoms with van der Waals surface area (Å²) in [6.45, 7) is 3.09. The van der Waals surface area contributed by atoms with Crippen molar-refractivity contribution in [3.8, 4) is 11.8 Å². The second-order valence-electron chi connectivity index (χ2n) is 7.66. The van der Waals surface area contributed by atoms with Crippen molar-refractivity contribution in [2.24, 2.45) is 0 Å². The van der Waals surface area contributed by atoms with Gasteiger partial charge in [-0.1, -0.05) is 18.2 Å². The van der Waals surface area contributed by atoms with Crippen molar-refractivity contribution < 1.29 is 27.5 Å². The Labute approximate surface area is 175 Å². The normalized spacial score (nSPS) is 16.9. The second kappa shape index (κ2) is 6.87. The SMILES string of the molecule is CC1(C)Oc2ccc(C#N)cc2C(N2Cc3ccccc3C2=O)=C1NC(=O)C(F)(F)F. The van der Waals surface area contributed by atoms with Gasteiger partial charge in [0.1, 0.15) is 11.4 Å². The zero-order valence-corrected chi connectivity index (χ0v) is 16.5. The van der Waals surface area contributed by atoms with Crippen LogP contribution in [0.4, 0.5) is 13.2 Å². The smallest absolute Gasteiger partial charge is 0.471 e. The molecule has 0 radical (unpaired) electrons. The molecule has 2 amide bonds. The van der Waals surface area contributed by atoms with Crippen LogP contribution < -0.4 is 10.1 Å². The molecular formula is C22H16F3N3O3. The third kappa shape index (κ3) is 3.40. The Morgan fingerprint density at radius 2 is 1.90 bits per heavy atom. The first kappa shape index (κ1) is 20.5. The van der Waals surface area contributed by atoms with Gasteiger partial charge in [-0.2, -0.15) is 18.4 Å². The number of carbonyl (C=O) groups is 2. The number of rotatable bonds is 2. The van der Waals surface area contributed by atoms with Crippen molar-refractivity contribution in [2.75, 3.05) is 0 Å². The van der Waals surface area contributed by atoms with Gasteiger partial charge in [-0.25, -0.2) is 0 Å². The minimum Gasteiger partial charge on any atom is -0.481 e. The first-order valence-electron chi connectivity index (χ1n) is 9.29. The maximum atomic E-state index is 13.2. The summed E-state index contributed by atoms with van der Waals surface area (Å²) in [6, 6.07) is 13.2. The molecule has 158 valence electrons. The van der Waals surface area contributed by atoms with E-state index in [0.717, 1.165) is 0 Å². The Balaban J connectivity index is 1.95. The summed E-state index contributed by atoms with van der Waals surface area (Å²) in [5.74, 6) is -2.32. The van der Waals surface area contributed by atoms with Crippen molar-refractivity contribution in [1.29, 1.82) is 5.26 Å². The number of nitriles is 1. The number of nitrogens with zero attached hydrogens (tertiary/aromatic N) is 2. The number of nitrogens with one attached hydrogen (secondary N) is 1. The predicted octanol–water partition coefficient (Wildman–Crippen LogP) is 3.73. The van der Waals surface area contributed by atoms with E-state index in [1.165, 1.54) is 36.9 Å². The highest BCUT2D eigenvalue weighted by atomic mass is 19.4. The third-order valence-electron chi connectivity index (χ3n) is 5.16. The molecule has 0 saturated heterocycles. The lowest BCUT2D eigenvalue weighted by Crippen LogP contribution is -2.48. The molecule has 0 aliphatic carbocycles. The minimum absolute atomic E-state index is 0.0714. The molecular weight excluding hydrogens is 411 g/mol. The van der Waals surface area contributed by atoms with Crippen LogP contribution >= 0.6 is 0 Å². The molecule has 0 bridgehead atoms. The minimum atomic E-state index is -5.14. The largest absolute Gasteiger partial charge is 0.481 e. The standard InChI is InChI=1S/C22H16F3N3O3/c1-21(2)18(27-20(30)22(23,24)25)17(15-9-12(10-26)7-8-16(15)31-21)28-11-13-5-3-4-6-14(13)19(28)29/h3-9H,11H2,1-2H3,(H,27,30). The number of alkyl halides is 3. The number of fused-ring (bicyclic) bond motifs is 2. The van der Waals surface area contributed by atoms with Gasteiger partial charge in [0.25, 0.3) is 5.91 Å². The van der Waals surface area contributed by atoms with E-state index in [1.54, 1.807) is 24.3 Å². The summed E-state index contributed by atoms with van der Waals surface area (Å²) >= 11 is 0. The molecule has 0 atom stereocenters. The van der Waals surface area contributed by atoms with E-state index in [9.17, 15) is 28.0 Å². The summed E-state index contributed by atoms with van der Waals surface area (Å²) in [5.41, 5.74) is 0.0532. The predicted molar refractivity (Wildman–Crippen MR) is 103 cm³/mol. The monoisotopic (exact) mass is 427 g/mol. The molecule has 0 unspecified atom stereocenters. The van der Waals surface area contributed by atoms with Crippen molar-refractivity contribution in [2.45, 2.75) is 32.2 Å². The van der Waals surface area contributed by atoms with Crippen LogP contribution in [0.5, 0.6) is 5.75 Å². The van der Waals surface area contributed by atoms with Crippen molar-refractivity contribution >= 4 is 17.5 Å². The van der Waals surface area contributed by atoms with E-state index >= 15 is 0 Å². The van der Waals surface area contributed by atoms with Crippen LogP contribution in [0, 0.1) is 11.3 Å². The van der Waals surface area contributed by atoms with Crippen LogP contribution in [0.3, 0.4) is 0 Å². The first-order valence-corrected chi connectivity index (χ1v) is 9.29. The van der Waals surface area contributed by atoms with Crippen LogP contribution in [0.15, 0.2) is 48.2 Å². The number of carbonyl (C=O) groups excluding carboxylic acids is 2.